The fourth-order valence-electron chi connectivity index (χ4n) is 4.76. The third kappa shape index (κ3) is 3.92. The minimum Gasteiger partial charge on any atom is -0.392 e. The summed E-state index contributed by atoms with van der Waals surface area (Å²) in [6.07, 6.45) is 8.57. The van der Waals surface area contributed by atoms with E-state index in [1.54, 1.807) is 24.7 Å². The quantitative estimate of drug-likeness (QED) is 0.536. The lowest BCUT2D eigenvalue weighted by Crippen LogP contribution is -2.45. The summed E-state index contributed by atoms with van der Waals surface area (Å²) in [5.74, 6) is -0.485. The molecule has 0 radical (unpaired) electrons. The van der Waals surface area contributed by atoms with Gasteiger partial charge in [-0.1, -0.05) is 52.0 Å². The zero-order chi connectivity index (χ0) is 24.8. The predicted octanol–water partition coefficient (Wildman–Crippen LogP) is 4.52. The van der Waals surface area contributed by atoms with Crippen molar-refractivity contribution in [2.45, 2.75) is 52.1 Å². The molecule has 1 amide bonds. The van der Waals surface area contributed by atoms with Crippen molar-refractivity contribution in [3.8, 4) is 0 Å². The Balaban J connectivity index is 1.71. The van der Waals surface area contributed by atoms with Crippen molar-refractivity contribution in [2.24, 2.45) is 12.5 Å². The Morgan fingerprint density at radius 1 is 1.21 bits per heavy atom. The lowest BCUT2D eigenvalue weighted by atomic mass is 9.65. The van der Waals surface area contributed by atoms with Crippen LogP contribution in [0.2, 0.25) is 0 Å². The van der Waals surface area contributed by atoms with E-state index < -0.39 is 11.5 Å². The molecule has 6 heteroatoms. The van der Waals surface area contributed by atoms with Crippen molar-refractivity contribution in [3.05, 3.63) is 93.7 Å². The van der Waals surface area contributed by atoms with Crippen LogP contribution in [0.3, 0.4) is 0 Å². The molecule has 0 saturated heterocycles. The van der Waals surface area contributed by atoms with E-state index in [0.29, 0.717) is 16.8 Å². The molecule has 1 aliphatic carbocycles. The van der Waals surface area contributed by atoms with Gasteiger partial charge < -0.3 is 20.0 Å². The number of pyridine rings is 1. The highest BCUT2D eigenvalue weighted by Gasteiger charge is 2.44. The number of hydrogen-bond acceptors (Lipinski definition) is 3. The first-order valence-electron chi connectivity index (χ1n) is 11.6. The van der Waals surface area contributed by atoms with Crippen LogP contribution in [0.25, 0.3) is 10.9 Å². The summed E-state index contributed by atoms with van der Waals surface area (Å²) in [4.78, 5) is 28.8. The number of carbonyl (C=O) groups excluding carboxylic acids is 1. The Hall–Kier alpha value is -3.38. The number of nitrogens with zero attached hydrogens (tertiary/aromatic N) is 1. The Bertz CT molecular complexity index is 1350. The van der Waals surface area contributed by atoms with Gasteiger partial charge in [0.1, 0.15) is 5.52 Å². The van der Waals surface area contributed by atoms with E-state index in [-0.39, 0.29) is 22.8 Å². The van der Waals surface area contributed by atoms with Crippen LogP contribution in [0.5, 0.6) is 0 Å². The van der Waals surface area contributed by atoms with Crippen molar-refractivity contribution in [1.29, 1.82) is 0 Å². The van der Waals surface area contributed by atoms with Crippen LogP contribution in [0.15, 0.2) is 71.4 Å². The Labute approximate surface area is 200 Å². The molecule has 0 saturated carbocycles. The van der Waals surface area contributed by atoms with Gasteiger partial charge in [0.15, 0.2) is 0 Å². The molecule has 3 aromatic rings. The van der Waals surface area contributed by atoms with Gasteiger partial charge in [-0.3, -0.25) is 9.59 Å². The number of rotatable bonds is 4. The zero-order valence-electron chi connectivity index (χ0n) is 20.6. The summed E-state index contributed by atoms with van der Waals surface area (Å²) in [5, 5.41) is 14.9. The van der Waals surface area contributed by atoms with Gasteiger partial charge in [-0.05, 0) is 47.7 Å². The highest BCUT2D eigenvalue weighted by atomic mass is 16.3. The van der Waals surface area contributed by atoms with Crippen molar-refractivity contribution >= 4 is 16.8 Å². The summed E-state index contributed by atoms with van der Waals surface area (Å²) >= 11 is 0. The van der Waals surface area contributed by atoms with Crippen molar-refractivity contribution in [2.75, 3.05) is 0 Å². The molecule has 1 aliphatic rings. The molecule has 2 heterocycles. The molecular formula is C28H33N3O3. The average Bonchev–Trinajstić information content (AvgIpc) is 3.27. The van der Waals surface area contributed by atoms with Gasteiger partial charge in [0.05, 0.1) is 6.10 Å². The number of aromatic amines is 1. The molecule has 178 valence electrons. The van der Waals surface area contributed by atoms with E-state index in [2.05, 4.69) is 31.1 Å². The van der Waals surface area contributed by atoms with Crippen LogP contribution in [0.1, 0.15) is 62.0 Å². The number of allylic oxidation sites excluding steroid dienone is 3. The fourth-order valence-corrected chi connectivity index (χ4v) is 4.76. The minimum atomic E-state index is -0.822. The normalized spacial score (nSPS) is 21.4. The number of aryl methyl sites for hydroxylation is 1. The number of carbonyl (C=O) groups is 1. The molecule has 3 N–H and O–H groups in total. The van der Waals surface area contributed by atoms with Gasteiger partial charge >= 0.3 is 0 Å². The third-order valence-electron chi connectivity index (χ3n) is 7.18. The highest BCUT2D eigenvalue weighted by molar-refractivity contribution is 5.95. The maximum Gasteiger partial charge on any atom is 0.274 e. The Morgan fingerprint density at radius 3 is 2.50 bits per heavy atom. The number of H-pyrrole nitrogens is 1. The molecule has 6 nitrogen and oxygen atoms in total. The SMILES string of the molecule is CC(O)C1(C)C(NC(=O)c2ccc(C(C)(C)C)cc2)=CC=CC1c1cn(C)c(=O)c2[nH]ccc12. The molecule has 3 atom stereocenters. The van der Waals surface area contributed by atoms with Gasteiger partial charge in [-0.25, -0.2) is 0 Å². The molecule has 0 spiro atoms. The van der Waals surface area contributed by atoms with Gasteiger partial charge in [-0.15, -0.1) is 0 Å². The second kappa shape index (κ2) is 8.44. The fraction of sp³-hybridized carbons (Fsp3) is 0.357. The number of hydrogen-bond donors (Lipinski definition) is 3. The lowest BCUT2D eigenvalue weighted by molar-refractivity contribution is 0.0603. The van der Waals surface area contributed by atoms with Crippen molar-refractivity contribution in [1.82, 2.24) is 14.9 Å². The van der Waals surface area contributed by atoms with Gasteiger partial charge in [0.2, 0.25) is 0 Å². The van der Waals surface area contributed by atoms with E-state index in [9.17, 15) is 14.7 Å². The maximum atomic E-state index is 13.2. The van der Waals surface area contributed by atoms with E-state index in [4.69, 9.17) is 0 Å². The second-order valence-electron chi connectivity index (χ2n) is 10.4. The summed E-state index contributed by atoms with van der Waals surface area (Å²) < 4.78 is 1.55. The second-order valence-corrected chi connectivity index (χ2v) is 10.4. The number of amides is 1. The first-order valence-corrected chi connectivity index (χ1v) is 11.6. The van der Waals surface area contributed by atoms with Crippen LogP contribution < -0.4 is 10.9 Å². The molecule has 0 bridgehead atoms. The molecule has 1 aromatic carbocycles. The van der Waals surface area contributed by atoms with E-state index in [1.165, 1.54) is 0 Å². The standard InChI is InChI=1S/C28H33N3O3/c1-17(32)28(5)22(21-16-31(6)26(34)24-20(21)14-15-29-24)8-7-9-23(28)30-25(33)18-10-12-19(13-11-18)27(2,3)4/h7-17,22,29,32H,1-6H3,(H,30,33). The molecule has 0 aliphatic heterocycles. The number of aromatic nitrogens is 2. The third-order valence-corrected chi connectivity index (χ3v) is 7.18. The van der Waals surface area contributed by atoms with Crippen molar-refractivity contribution in [3.63, 3.8) is 0 Å². The van der Waals surface area contributed by atoms with Gasteiger partial charge in [0.25, 0.3) is 11.5 Å². The summed E-state index contributed by atoms with van der Waals surface area (Å²) in [5.41, 5.74) is 2.86. The van der Waals surface area contributed by atoms with Gasteiger partial charge in [0, 0.05) is 47.4 Å². The highest BCUT2D eigenvalue weighted by Crippen LogP contribution is 2.48. The van der Waals surface area contributed by atoms with Crippen molar-refractivity contribution < 1.29 is 9.90 Å². The molecular weight excluding hydrogens is 426 g/mol. The number of aliphatic hydroxyl groups excluding tert-OH is 1. The molecule has 2 aromatic heterocycles. The summed E-state index contributed by atoms with van der Waals surface area (Å²) in [7, 11) is 1.72. The van der Waals surface area contributed by atoms with Crippen LogP contribution in [-0.4, -0.2) is 26.7 Å². The van der Waals surface area contributed by atoms with Crippen LogP contribution >= 0.6 is 0 Å². The smallest absolute Gasteiger partial charge is 0.274 e. The number of nitrogens with one attached hydrogen (secondary N) is 2. The summed E-state index contributed by atoms with van der Waals surface area (Å²) in [6, 6.07) is 9.52. The van der Waals surface area contributed by atoms with Crippen LogP contribution in [0, 0.1) is 5.41 Å². The molecule has 3 unspecified atom stereocenters. The first kappa shape index (κ1) is 23.8. The van der Waals surface area contributed by atoms with Crippen LogP contribution in [-0.2, 0) is 12.5 Å². The monoisotopic (exact) mass is 459 g/mol. The largest absolute Gasteiger partial charge is 0.392 e. The number of aliphatic hydroxyl groups is 1. The first-order chi connectivity index (χ1) is 15.9. The topological polar surface area (TPSA) is 87.1 Å². The van der Waals surface area contributed by atoms with Gasteiger partial charge in [-0.2, -0.15) is 0 Å². The predicted molar refractivity (Wildman–Crippen MR) is 136 cm³/mol. The number of benzene rings is 1. The number of fused-ring (bicyclic) bond motifs is 1. The molecule has 0 fully saturated rings. The summed E-state index contributed by atoms with van der Waals surface area (Å²) in [6.45, 7) is 10.1. The Morgan fingerprint density at radius 2 is 1.88 bits per heavy atom. The average molecular weight is 460 g/mol. The van der Waals surface area contributed by atoms with E-state index >= 15 is 0 Å². The van der Waals surface area contributed by atoms with E-state index in [0.717, 1.165) is 16.5 Å². The molecule has 4 rings (SSSR count). The maximum absolute atomic E-state index is 13.2. The Kier molecular flexibility index (Phi) is 5.90. The lowest BCUT2D eigenvalue weighted by Gasteiger charge is -2.43. The molecule has 34 heavy (non-hydrogen) atoms. The van der Waals surface area contributed by atoms with Crippen LogP contribution in [0.4, 0.5) is 0 Å². The van der Waals surface area contributed by atoms with E-state index in [1.807, 2.05) is 61.7 Å². The zero-order valence-corrected chi connectivity index (χ0v) is 20.6. The minimum absolute atomic E-state index is 0.00313.